The number of hydrogen-bond acceptors (Lipinski definition) is 2. The molecule has 0 bridgehead atoms. The number of rotatable bonds is 4. The zero-order valence-corrected chi connectivity index (χ0v) is 15.4. The van der Waals surface area contributed by atoms with Crippen molar-refractivity contribution >= 4 is 22.6 Å². The standard InChI is InChI=1S/C20H23ClN2O/c1-13-22-17-6-5-7-18(19(17)23-13)24-11-10-14-8-9-15(16(21)12-14)20(2,3)4/h5-9,12H,10-11H2,1-4H3,(H,22,23). The highest BCUT2D eigenvalue weighted by atomic mass is 35.5. The number of aromatic amines is 1. The lowest BCUT2D eigenvalue weighted by molar-refractivity contribution is 0.325. The molecule has 1 aromatic heterocycles. The van der Waals surface area contributed by atoms with Gasteiger partial charge in [0.15, 0.2) is 0 Å². The molecule has 4 heteroatoms. The first-order chi connectivity index (χ1) is 11.3. The van der Waals surface area contributed by atoms with E-state index in [2.05, 4.69) is 42.9 Å². The Morgan fingerprint density at radius 2 is 1.96 bits per heavy atom. The van der Waals surface area contributed by atoms with Gasteiger partial charge in [0.25, 0.3) is 0 Å². The largest absolute Gasteiger partial charge is 0.491 e. The number of ether oxygens (including phenoxy) is 1. The number of para-hydroxylation sites is 1. The van der Waals surface area contributed by atoms with Crippen molar-refractivity contribution in [2.24, 2.45) is 0 Å². The molecule has 0 spiro atoms. The molecule has 126 valence electrons. The average molecular weight is 343 g/mol. The molecule has 3 aromatic rings. The minimum absolute atomic E-state index is 0.0551. The van der Waals surface area contributed by atoms with Crippen molar-refractivity contribution in [2.75, 3.05) is 6.61 Å². The SMILES string of the molecule is Cc1nc2c(OCCc3ccc(C(C)(C)C)c(Cl)c3)cccc2[nH]1. The lowest BCUT2D eigenvalue weighted by Gasteiger charge is -2.21. The molecule has 0 saturated heterocycles. The van der Waals surface area contributed by atoms with E-state index in [4.69, 9.17) is 16.3 Å². The Balaban J connectivity index is 1.69. The van der Waals surface area contributed by atoms with Crippen LogP contribution >= 0.6 is 11.6 Å². The molecule has 0 radical (unpaired) electrons. The van der Waals surface area contributed by atoms with Gasteiger partial charge < -0.3 is 9.72 Å². The van der Waals surface area contributed by atoms with Crippen molar-refractivity contribution in [3.05, 3.63) is 58.4 Å². The molecular weight excluding hydrogens is 320 g/mol. The minimum atomic E-state index is 0.0551. The van der Waals surface area contributed by atoms with Crippen LogP contribution in [0.15, 0.2) is 36.4 Å². The third kappa shape index (κ3) is 3.57. The lowest BCUT2D eigenvalue weighted by Crippen LogP contribution is -2.12. The smallest absolute Gasteiger partial charge is 0.147 e. The second-order valence-corrected chi connectivity index (χ2v) is 7.54. The van der Waals surface area contributed by atoms with Gasteiger partial charge in [-0.25, -0.2) is 4.98 Å². The predicted octanol–water partition coefficient (Wildman–Crippen LogP) is 5.44. The molecule has 0 aliphatic carbocycles. The molecule has 1 N–H and O–H groups in total. The summed E-state index contributed by atoms with van der Waals surface area (Å²) in [6.45, 7) is 9.05. The van der Waals surface area contributed by atoms with Gasteiger partial charge in [-0.3, -0.25) is 0 Å². The first kappa shape index (κ1) is 16.8. The molecule has 0 unspecified atom stereocenters. The van der Waals surface area contributed by atoms with Crippen molar-refractivity contribution in [3.63, 3.8) is 0 Å². The van der Waals surface area contributed by atoms with Crippen LogP contribution in [0, 0.1) is 6.92 Å². The topological polar surface area (TPSA) is 37.9 Å². The minimum Gasteiger partial charge on any atom is -0.491 e. The maximum Gasteiger partial charge on any atom is 0.147 e. The van der Waals surface area contributed by atoms with Gasteiger partial charge in [-0.15, -0.1) is 0 Å². The van der Waals surface area contributed by atoms with E-state index in [0.29, 0.717) is 6.61 Å². The van der Waals surface area contributed by atoms with E-state index < -0.39 is 0 Å². The Morgan fingerprint density at radius 3 is 2.67 bits per heavy atom. The third-order valence-corrected chi connectivity index (χ3v) is 4.40. The number of imidazole rings is 1. The summed E-state index contributed by atoms with van der Waals surface area (Å²) in [5, 5.41) is 0.824. The van der Waals surface area contributed by atoms with E-state index in [9.17, 15) is 0 Å². The van der Waals surface area contributed by atoms with Crippen LogP contribution in [0.2, 0.25) is 5.02 Å². The molecule has 2 aromatic carbocycles. The van der Waals surface area contributed by atoms with Crippen LogP contribution in [0.25, 0.3) is 11.0 Å². The summed E-state index contributed by atoms with van der Waals surface area (Å²) in [5.74, 6) is 1.71. The van der Waals surface area contributed by atoms with Crippen molar-refractivity contribution in [1.82, 2.24) is 9.97 Å². The monoisotopic (exact) mass is 342 g/mol. The number of aromatic nitrogens is 2. The van der Waals surface area contributed by atoms with Crippen molar-refractivity contribution in [1.29, 1.82) is 0 Å². The summed E-state index contributed by atoms with van der Waals surface area (Å²) < 4.78 is 5.95. The average Bonchev–Trinajstić information content (AvgIpc) is 2.87. The van der Waals surface area contributed by atoms with E-state index >= 15 is 0 Å². The first-order valence-corrected chi connectivity index (χ1v) is 8.59. The van der Waals surface area contributed by atoms with Crippen LogP contribution in [0.4, 0.5) is 0 Å². The fourth-order valence-electron chi connectivity index (χ4n) is 2.85. The van der Waals surface area contributed by atoms with E-state index in [1.54, 1.807) is 0 Å². The molecule has 0 amide bonds. The second-order valence-electron chi connectivity index (χ2n) is 7.14. The van der Waals surface area contributed by atoms with Crippen LogP contribution < -0.4 is 4.74 Å². The third-order valence-electron chi connectivity index (χ3n) is 4.08. The number of nitrogens with one attached hydrogen (secondary N) is 1. The van der Waals surface area contributed by atoms with Gasteiger partial charge in [0.1, 0.15) is 17.1 Å². The zero-order valence-electron chi connectivity index (χ0n) is 14.6. The summed E-state index contributed by atoms with van der Waals surface area (Å²) in [6.07, 6.45) is 0.809. The summed E-state index contributed by atoms with van der Waals surface area (Å²) in [7, 11) is 0. The molecule has 24 heavy (non-hydrogen) atoms. The van der Waals surface area contributed by atoms with E-state index in [1.807, 2.05) is 31.2 Å². The maximum atomic E-state index is 6.44. The molecule has 1 heterocycles. The second kappa shape index (κ2) is 6.48. The summed E-state index contributed by atoms with van der Waals surface area (Å²) in [4.78, 5) is 7.72. The molecule has 0 aliphatic heterocycles. The Hall–Kier alpha value is -2.00. The highest BCUT2D eigenvalue weighted by molar-refractivity contribution is 6.31. The van der Waals surface area contributed by atoms with Crippen LogP contribution in [0.1, 0.15) is 37.7 Å². The number of fused-ring (bicyclic) bond motifs is 1. The van der Waals surface area contributed by atoms with Crippen molar-refractivity contribution < 1.29 is 4.74 Å². The molecule has 0 fully saturated rings. The van der Waals surface area contributed by atoms with E-state index in [0.717, 1.165) is 34.1 Å². The summed E-state index contributed by atoms with van der Waals surface area (Å²) in [6, 6.07) is 12.2. The van der Waals surface area contributed by atoms with Crippen LogP contribution in [0.3, 0.4) is 0 Å². The summed E-state index contributed by atoms with van der Waals surface area (Å²) in [5.41, 5.74) is 4.29. The Bertz CT molecular complexity index is 862. The van der Waals surface area contributed by atoms with Crippen molar-refractivity contribution in [2.45, 2.75) is 39.5 Å². The number of halogens is 1. The quantitative estimate of drug-likeness (QED) is 0.685. The van der Waals surface area contributed by atoms with Gasteiger partial charge >= 0.3 is 0 Å². The van der Waals surface area contributed by atoms with Gasteiger partial charge in [0, 0.05) is 11.4 Å². The number of H-pyrrole nitrogens is 1. The van der Waals surface area contributed by atoms with Crippen LogP contribution in [-0.4, -0.2) is 16.6 Å². The van der Waals surface area contributed by atoms with Gasteiger partial charge in [-0.2, -0.15) is 0 Å². The Kier molecular flexibility index (Phi) is 4.55. The fraction of sp³-hybridized carbons (Fsp3) is 0.350. The maximum absolute atomic E-state index is 6.44. The molecule has 0 aliphatic rings. The molecular formula is C20H23ClN2O. The highest BCUT2D eigenvalue weighted by Gasteiger charge is 2.17. The number of aryl methyl sites for hydroxylation is 1. The fourth-order valence-corrected chi connectivity index (χ4v) is 3.33. The Labute approximate surface area is 148 Å². The molecule has 3 nitrogen and oxygen atoms in total. The van der Waals surface area contributed by atoms with E-state index in [1.165, 1.54) is 11.1 Å². The molecule has 0 atom stereocenters. The molecule has 3 rings (SSSR count). The highest BCUT2D eigenvalue weighted by Crippen LogP contribution is 2.30. The van der Waals surface area contributed by atoms with Crippen LogP contribution in [-0.2, 0) is 11.8 Å². The molecule has 0 saturated carbocycles. The number of nitrogens with zero attached hydrogens (tertiary/aromatic N) is 1. The zero-order chi connectivity index (χ0) is 17.3. The number of hydrogen-bond donors (Lipinski definition) is 1. The van der Waals surface area contributed by atoms with Crippen molar-refractivity contribution in [3.8, 4) is 5.75 Å². The summed E-state index contributed by atoms with van der Waals surface area (Å²) >= 11 is 6.44. The van der Waals surface area contributed by atoms with Gasteiger partial charge in [-0.1, -0.05) is 50.6 Å². The number of benzene rings is 2. The Morgan fingerprint density at radius 1 is 1.17 bits per heavy atom. The van der Waals surface area contributed by atoms with Gasteiger partial charge in [0.2, 0.25) is 0 Å². The van der Waals surface area contributed by atoms with E-state index in [-0.39, 0.29) is 5.41 Å². The first-order valence-electron chi connectivity index (χ1n) is 8.21. The predicted molar refractivity (Wildman–Crippen MR) is 100 cm³/mol. The van der Waals surface area contributed by atoms with Gasteiger partial charge in [-0.05, 0) is 41.7 Å². The van der Waals surface area contributed by atoms with Gasteiger partial charge in [0.05, 0.1) is 12.1 Å². The lowest BCUT2D eigenvalue weighted by atomic mass is 9.86. The normalized spacial score (nSPS) is 11.9. The van der Waals surface area contributed by atoms with Crippen LogP contribution in [0.5, 0.6) is 5.75 Å².